The fraction of sp³-hybridized carbons (Fsp3) is 1.00. The Morgan fingerprint density at radius 1 is 1.44 bits per heavy atom. The zero-order valence-electron chi connectivity index (χ0n) is 10.4. The minimum absolute atomic E-state index is 0.229. The van der Waals surface area contributed by atoms with Crippen molar-refractivity contribution in [2.75, 3.05) is 32.6 Å². The fourth-order valence-electron chi connectivity index (χ4n) is 3.08. The molecule has 0 aromatic heterocycles. The maximum Gasteiger partial charge on any atom is 0.0480 e. The summed E-state index contributed by atoms with van der Waals surface area (Å²) in [5.41, 5.74) is 6.31. The zero-order valence-corrected chi connectivity index (χ0v) is 11.3. The SMILES string of the molecule is CC1SCCC1(CN)N(C)C1CCOCC1. The van der Waals surface area contributed by atoms with Crippen LogP contribution < -0.4 is 5.73 Å². The van der Waals surface area contributed by atoms with Crippen LogP contribution in [0.1, 0.15) is 26.2 Å². The Morgan fingerprint density at radius 2 is 2.12 bits per heavy atom. The average Bonchev–Trinajstić information content (AvgIpc) is 2.72. The molecule has 2 heterocycles. The van der Waals surface area contributed by atoms with Crippen LogP contribution in [0.3, 0.4) is 0 Å². The molecule has 0 aliphatic carbocycles. The molecule has 0 saturated carbocycles. The van der Waals surface area contributed by atoms with E-state index in [1.165, 1.54) is 12.2 Å². The number of rotatable bonds is 3. The van der Waals surface area contributed by atoms with E-state index in [4.69, 9.17) is 10.5 Å². The molecule has 2 rings (SSSR count). The topological polar surface area (TPSA) is 38.5 Å². The number of likely N-dealkylation sites (N-methyl/N-ethyl adjacent to an activating group) is 1. The molecule has 0 amide bonds. The summed E-state index contributed by atoms with van der Waals surface area (Å²) in [6.45, 7) is 4.95. The first-order valence-corrected chi connectivity index (χ1v) is 7.38. The van der Waals surface area contributed by atoms with E-state index in [2.05, 4.69) is 30.6 Å². The summed E-state index contributed by atoms with van der Waals surface area (Å²) in [6, 6.07) is 0.665. The van der Waals surface area contributed by atoms with E-state index in [-0.39, 0.29) is 5.54 Å². The summed E-state index contributed by atoms with van der Waals surface area (Å²) in [6.07, 6.45) is 3.56. The smallest absolute Gasteiger partial charge is 0.0480 e. The lowest BCUT2D eigenvalue weighted by Gasteiger charge is -2.46. The second-order valence-corrected chi connectivity index (χ2v) is 6.47. The van der Waals surface area contributed by atoms with Gasteiger partial charge in [-0.25, -0.2) is 0 Å². The standard InChI is InChI=1S/C12H24N2OS/c1-10-12(9-13,5-8-16-10)14(2)11-3-6-15-7-4-11/h10-11H,3-9,13H2,1-2H3. The van der Waals surface area contributed by atoms with Crippen LogP contribution in [-0.2, 0) is 4.74 Å². The molecule has 94 valence electrons. The highest BCUT2D eigenvalue weighted by Gasteiger charge is 2.45. The van der Waals surface area contributed by atoms with Crippen LogP contribution in [0.25, 0.3) is 0 Å². The van der Waals surface area contributed by atoms with Crippen molar-refractivity contribution in [2.24, 2.45) is 5.73 Å². The van der Waals surface area contributed by atoms with Gasteiger partial charge in [0.2, 0.25) is 0 Å². The maximum atomic E-state index is 6.08. The van der Waals surface area contributed by atoms with Crippen molar-refractivity contribution in [3.05, 3.63) is 0 Å². The Balaban J connectivity index is 2.07. The molecule has 2 fully saturated rings. The summed E-state index contributed by atoms with van der Waals surface area (Å²) in [5, 5.41) is 0.658. The molecule has 0 bridgehead atoms. The van der Waals surface area contributed by atoms with Gasteiger partial charge in [-0.1, -0.05) is 6.92 Å². The van der Waals surface area contributed by atoms with Crippen LogP contribution >= 0.6 is 11.8 Å². The minimum Gasteiger partial charge on any atom is -0.381 e. The van der Waals surface area contributed by atoms with E-state index in [1.807, 2.05) is 0 Å². The lowest BCUT2D eigenvalue weighted by molar-refractivity contribution is -0.000372. The van der Waals surface area contributed by atoms with Gasteiger partial charge in [0.25, 0.3) is 0 Å². The highest BCUT2D eigenvalue weighted by atomic mass is 32.2. The van der Waals surface area contributed by atoms with Crippen LogP contribution in [0.4, 0.5) is 0 Å². The van der Waals surface area contributed by atoms with Gasteiger partial charge in [-0.3, -0.25) is 4.90 Å². The third-order valence-corrected chi connectivity index (χ3v) is 5.83. The molecule has 2 aliphatic rings. The molecule has 16 heavy (non-hydrogen) atoms. The second kappa shape index (κ2) is 5.25. The quantitative estimate of drug-likeness (QED) is 0.812. The van der Waals surface area contributed by atoms with Gasteiger partial charge in [0.1, 0.15) is 0 Å². The fourth-order valence-corrected chi connectivity index (χ4v) is 4.60. The van der Waals surface area contributed by atoms with Crippen LogP contribution in [0.15, 0.2) is 0 Å². The summed E-state index contributed by atoms with van der Waals surface area (Å²) < 4.78 is 5.44. The van der Waals surface area contributed by atoms with Crippen molar-refractivity contribution in [3.8, 4) is 0 Å². The number of nitrogens with zero attached hydrogens (tertiary/aromatic N) is 1. The van der Waals surface area contributed by atoms with Crippen LogP contribution in [0.5, 0.6) is 0 Å². The molecule has 4 heteroatoms. The molecular formula is C12H24N2OS. The normalized spacial score (nSPS) is 37.1. The van der Waals surface area contributed by atoms with E-state index >= 15 is 0 Å². The summed E-state index contributed by atoms with van der Waals surface area (Å²) in [4.78, 5) is 2.57. The van der Waals surface area contributed by atoms with Crippen molar-refractivity contribution in [2.45, 2.75) is 43.0 Å². The first-order valence-electron chi connectivity index (χ1n) is 6.33. The zero-order chi connectivity index (χ0) is 11.6. The molecule has 0 spiro atoms. The van der Waals surface area contributed by atoms with E-state index < -0.39 is 0 Å². The summed E-state index contributed by atoms with van der Waals surface area (Å²) in [5.74, 6) is 1.26. The maximum absolute atomic E-state index is 6.08. The van der Waals surface area contributed by atoms with Gasteiger partial charge in [0.05, 0.1) is 0 Å². The molecule has 0 aromatic carbocycles. The molecule has 0 radical (unpaired) electrons. The molecular weight excluding hydrogens is 220 g/mol. The Bertz CT molecular complexity index is 233. The molecule has 0 aromatic rings. The highest BCUT2D eigenvalue weighted by Crippen LogP contribution is 2.40. The Kier molecular flexibility index (Phi) is 4.16. The Hall–Kier alpha value is 0.230. The average molecular weight is 244 g/mol. The van der Waals surface area contributed by atoms with Gasteiger partial charge < -0.3 is 10.5 Å². The molecule has 2 N–H and O–H groups in total. The van der Waals surface area contributed by atoms with Gasteiger partial charge in [-0.2, -0.15) is 11.8 Å². The largest absolute Gasteiger partial charge is 0.381 e. The Morgan fingerprint density at radius 3 is 2.62 bits per heavy atom. The minimum atomic E-state index is 0.229. The molecule has 2 atom stereocenters. The van der Waals surface area contributed by atoms with Gasteiger partial charge >= 0.3 is 0 Å². The summed E-state index contributed by atoms with van der Waals surface area (Å²) in [7, 11) is 2.27. The predicted octanol–water partition coefficient (Wildman–Crippen LogP) is 1.32. The third kappa shape index (κ3) is 2.13. The van der Waals surface area contributed by atoms with Crippen molar-refractivity contribution in [3.63, 3.8) is 0 Å². The first-order chi connectivity index (χ1) is 7.70. The van der Waals surface area contributed by atoms with E-state index in [0.29, 0.717) is 11.3 Å². The second-order valence-electron chi connectivity index (χ2n) is 5.03. The van der Waals surface area contributed by atoms with E-state index in [1.54, 1.807) is 0 Å². The van der Waals surface area contributed by atoms with Gasteiger partial charge in [-0.05, 0) is 32.1 Å². The predicted molar refractivity (Wildman–Crippen MR) is 69.9 cm³/mol. The molecule has 2 unspecified atom stereocenters. The number of hydrogen-bond acceptors (Lipinski definition) is 4. The number of thioether (sulfide) groups is 1. The van der Waals surface area contributed by atoms with E-state index in [0.717, 1.165) is 32.6 Å². The number of hydrogen-bond donors (Lipinski definition) is 1. The summed E-state index contributed by atoms with van der Waals surface area (Å²) >= 11 is 2.07. The highest BCUT2D eigenvalue weighted by molar-refractivity contribution is 8.00. The Labute approximate surface area is 103 Å². The lowest BCUT2D eigenvalue weighted by Crippen LogP contribution is -2.60. The van der Waals surface area contributed by atoms with Crippen LogP contribution in [0.2, 0.25) is 0 Å². The molecule has 2 saturated heterocycles. The molecule has 3 nitrogen and oxygen atoms in total. The monoisotopic (exact) mass is 244 g/mol. The van der Waals surface area contributed by atoms with Gasteiger partial charge in [0, 0.05) is 36.6 Å². The van der Waals surface area contributed by atoms with Crippen molar-refractivity contribution in [1.82, 2.24) is 4.90 Å². The lowest BCUT2D eigenvalue weighted by atomic mass is 9.88. The van der Waals surface area contributed by atoms with Crippen molar-refractivity contribution >= 4 is 11.8 Å². The van der Waals surface area contributed by atoms with Gasteiger partial charge in [-0.15, -0.1) is 0 Å². The van der Waals surface area contributed by atoms with Crippen LogP contribution in [-0.4, -0.2) is 54.3 Å². The number of nitrogens with two attached hydrogens (primary N) is 1. The van der Waals surface area contributed by atoms with Crippen LogP contribution in [0, 0.1) is 0 Å². The van der Waals surface area contributed by atoms with Gasteiger partial charge in [0.15, 0.2) is 0 Å². The number of ether oxygens (including phenoxy) is 1. The molecule has 2 aliphatic heterocycles. The van der Waals surface area contributed by atoms with E-state index in [9.17, 15) is 0 Å². The van der Waals surface area contributed by atoms with Crippen molar-refractivity contribution < 1.29 is 4.74 Å². The van der Waals surface area contributed by atoms with Crippen molar-refractivity contribution in [1.29, 1.82) is 0 Å². The third-order valence-electron chi connectivity index (χ3n) is 4.45. The first kappa shape index (κ1) is 12.7.